The van der Waals surface area contributed by atoms with Crippen LogP contribution in [0.3, 0.4) is 0 Å². The van der Waals surface area contributed by atoms with Crippen LogP contribution in [0.1, 0.15) is 40.7 Å². The summed E-state index contributed by atoms with van der Waals surface area (Å²) < 4.78 is 6.25. The summed E-state index contributed by atoms with van der Waals surface area (Å²) in [5.74, 6) is 1.18. The van der Waals surface area contributed by atoms with Crippen molar-refractivity contribution in [2.75, 3.05) is 13.1 Å². The summed E-state index contributed by atoms with van der Waals surface area (Å²) in [7, 11) is 0. The monoisotopic (exact) mass is 350 g/mol. The Morgan fingerprint density at radius 1 is 1.19 bits per heavy atom. The van der Waals surface area contributed by atoms with Crippen LogP contribution in [-0.2, 0) is 11.3 Å². The summed E-state index contributed by atoms with van der Waals surface area (Å²) in [6, 6.07) is 11.9. The highest BCUT2D eigenvalue weighted by atomic mass is 16.5. The van der Waals surface area contributed by atoms with Crippen molar-refractivity contribution >= 4 is 5.91 Å². The third kappa shape index (κ3) is 3.65. The van der Waals surface area contributed by atoms with Crippen molar-refractivity contribution in [3.63, 3.8) is 0 Å². The Morgan fingerprint density at radius 3 is 2.81 bits per heavy atom. The van der Waals surface area contributed by atoms with Crippen LogP contribution in [0.25, 0.3) is 0 Å². The zero-order valence-corrected chi connectivity index (χ0v) is 15.3. The van der Waals surface area contributed by atoms with Gasteiger partial charge in [-0.2, -0.15) is 0 Å². The fourth-order valence-electron chi connectivity index (χ4n) is 4.36. The number of nitrogens with zero attached hydrogens (tertiary/aromatic N) is 2. The number of pyridine rings is 1. The molecule has 0 bridgehead atoms. The molecule has 1 amide bonds. The van der Waals surface area contributed by atoms with E-state index in [-0.39, 0.29) is 12.0 Å². The van der Waals surface area contributed by atoms with E-state index in [1.807, 2.05) is 48.4 Å². The van der Waals surface area contributed by atoms with Crippen molar-refractivity contribution in [2.45, 2.75) is 38.9 Å². The van der Waals surface area contributed by atoms with Crippen LogP contribution in [0, 0.1) is 18.8 Å². The number of amides is 1. The highest BCUT2D eigenvalue weighted by Gasteiger charge is 2.42. The fraction of sp³-hybridized carbons (Fsp3) is 0.455. The Kier molecular flexibility index (Phi) is 5.02. The molecular weight excluding hydrogens is 324 g/mol. The molecule has 1 saturated carbocycles. The second kappa shape index (κ2) is 7.58. The Labute approximate surface area is 155 Å². The zero-order chi connectivity index (χ0) is 17.9. The van der Waals surface area contributed by atoms with Crippen LogP contribution in [0.5, 0.6) is 0 Å². The van der Waals surface area contributed by atoms with Crippen molar-refractivity contribution in [2.24, 2.45) is 11.8 Å². The van der Waals surface area contributed by atoms with E-state index in [2.05, 4.69) is 11.1 Å². The summed E-state index contributed by atoms with van der Waals surface area (Å²) in [5, 5.41) is 0. The molecule has 1 aromatic carbocycles. The number of hydrogen-bond acceptors (Lipinski definition) is 3. The van der Waals surface area contributed by atoms with Gasteiger partial charge in [-0.15, -0.1) is 0 Å². The molecule has 1 aliphatic carbocycles. The molecule has 0 unspecified atom stereocenters. The molecule has 1 aromatic heterocycles. The molecule has 2 fully saturated rings. The lowest BCUT2D eigenvalue weighted by atomic mass is 9.79. The third-order valence-electron chi connectivity index (χ3n) is 5.81. The van der Waals surface area contributed by atoms with E-state index in [4.69, 9.17) is 4.74 Å². The summed E-state index contributed by atoms with van der Waals surface area (Å²) in [5.41, 5.74) is 3.09. The maximum atomic E-state index is 12.9. The van der Waals surface area contributed by atoms with Crippen LogP contribution in [0.4, 0.5) is 0 Å². The van der Waals surface area contributed by atoms with Crippen molar-refractivity contribution in [1.82, 2.24) is 9.88 Å². The van der Waals surface area contributed by atoms with Gasteiger partial charge in [-0.3, -0.25) is 9.78 Å². The van der Waals surface area contributed by atoms with Gasteiger partial charge in [0.2, 0.25) is 0 Å². The SMILES string of the molecule is Cc1ccc(C(=O)N2C[C@H]3CCC[C@H](OCc4cccnc4)[C@H]3C2)cc1. The van der Waals surface area contributed by atoms with Gasteiger partial charge in [0.05, 0.1) is 12.7 Å². The van der Waals surface area contributed by atoms with Crippen molar-refractivity contribution in [1.29, 1.82) is 0 Å². The molecule has 1 aliphatic heterocycles. The topological polar surface area (TPSA) is 42.4 Å². The predicted octanol–water partition coefficient (Wildman–Crippen LogP) is 3.85. The molecule has 3 atom stereocenters. The van der Waals surface area contributed by atoms with E-state index in [0.29, 0.717) is 18.4 Å². The molecule has 1 saturated heterocycles. The lowest BCUT2D eigenvalue weighted by Crippen LogP contribution is -2.34. The smallest absolute Gasteiger partial charge is 0.253 e. The number of ether oxygens (including phenoxy) is 1. The molecule has 2 heterocycles. The first-order valence-corrected chi connectivity index (χ1v) is 9.57. The second-order valence-corrected chi connectivity index (χ2v) is 7.64. The summed E-state index contributed by atoms with van der Waals surface area (Å²) >= 11 is 0. The highest BCUT2D eigenvalue weighted by molar-refractivity contribution is 5.94. The minimum absolute atomic E-state index is 0.158. The first-order valence-electron chi connectivity index (χ1n) is 9.57. The van der Waals surface area contributed by atoms with Gasteiger partial charge >= 0.3 is 0 Å². The molecule has 0 spiro atoms. The maximum Gasteiger partial charge on any atom is 0.253 e. The fourth-order valence-corrected chi connectivity index (χ4v) is 4.36. The normalized spacial score (nSPS) is 25.1. The van der Waals surface area contributed by atoms with Gasteiger partial charge in [0.25, 0.3) is 5.91 Å². The van der Waals surface area contributed by atoms with Crippen LogP contribution in [-0.4, -0.2) is 35.0 Å². The Bertz CT molecular complexity index is 744. The largest absolute Gasteiger partial charge is 0.373 e. The number of rotatable bonds is 4. The first kappa shape index (κ1) is 17.2. The number of hydrogen-bond donors (Lipinski definition) is 0. The first-order chi connectivity index (χ1) is 12.7. The van der Waals surface area contributed by atoms with E-state index in [1.165, 1.54) is 18.4 Å². The molecule has 4 nitrogen and oxygen atoms in total. The van der Waals surface area contributed by atoms with Crippen LogP contribution in [0.2, 0.25) is 0 Å². The van der Waals surface area contributed by atoms with E-state index in [1.54, 1.807) is 6.20 Å². The Hall–Kier alpha value is -2.20. The van der Waals surface area contributed by atoms with Gasteiger partial charge in [-0.25, -0.2) is 0 Å². The Balaban J connectivity index is 1.40. The third-order valence-corrected chi connectivity index (χ3v) is 5.81. The van der Waals surface area contributed by atoms with Crippen LogP contribution >= 0.6 is 0 Å². The number of carbonyl (C=O) groups excluding carboxylic acids is 1. The number of benzene rings is 1. The lowest BCUT2D eigenvalue weighted by molar-refractivity contribution is -0.0293. The predicted molar refractivity (Wildman–Crippen MR) is 101 cm³/mol. The molecular formula is C22H26N2O2. The van der Waals surface area contributed by atoms with Gasteiger partial charge < -0.3 is 9.64 Å². The quantitative estimate of drug-likeness (QED) is 0.841. The van der Waals surface area contributed by atoms with E-state index in [9.17, 15) is 4.79 Å². The van der Waals surface area contributed by atoms with Gasteiger partial charge in [-0.1, -0.05) is 30.2 Å². The van der Waals surface area contributed by atoms with Gasteiger partial charge in [0.1, 0.15) is 0 Å². The molecule has 2 aliphatic rings. The van der Waals surface area contributed by atoms with Gasteiger partial charge in [0, 0.05) is 37.0 Å². The van der Waals surface area contributed by atoms with E-state index in [0.717, 1.165) is 30.6 Å². The molecule has 0 N–H and O–H groups in total. The maximum absolute atomic E-state index is 12.9. The zero-order valence-electron chi connectivity index (χ0n) is 15.3. The number of likely N-dealkylation sites (tertiary alicyclic amines) is 1. The van der Waals surface area contributed by atoms with Crippen molar-refractivity contribution < 1.29 is 9.53 Å². The number of aryl methyl sites for hydroxylation is 1. The minimum Gasteiger partial charge on any atom is -0.373 e. The van der Waals surface area contributed by atoms with E-state index >= 15 is 0 Å². The molecule has 26 heavy (non-hydrogen) atoms. The lowest BCUT2D eigenvalue weighted by Gasteiger charge is -2.32. The van der Waals surface area contributed by atoms with Crippen molar-refractivity contribution in [3.8, 4) is 0 Å². The molecule has 136 valence electrons. The number of aromatic nitrogens is 1. The summed E-state index contributed by atoms with van der Waals surface area (Å²) in [6.07, 6.45) is 7.37. The number of fused-ring (bicyclic) bond motifs is 1. The van der Waals surface area contributed by atoms with Crippen LogP contribution in [0.15, 0.2) is 48.8 Å². The molecule has 4 rings (SSSR count). The average Bonchev–Trinajstić information content (AvgIpc) is 3.12. The summed E-state index contributed by atoms with van der Waals surface area (Å²) in [4.78, 5) is 19.1. The highest BCUT2D eigenvalue weighted by Crippen LogP contribution is 2.38. The second-order valence-electron chi connectivity index (χ2n) is 7.64. The van der Waals surface area contributed by atoms with E-state index < -0.39 is 0 Å². The Morgan fingerprint density at radius 2 is 2.04 bits per heavy atom. The molecule has 0 radical (unpaired) electrons. The molecule has 2 aromatic rings. The minimum atomic E-state index is 0.158. The van der Waals surface area contributed by atoms with Gasteiger partial charge in [0.15, 0.2) is 0 Å². The summed E-state index contributed by atoms with van der Waals surface area (Å²) in [6.45, 7) is 4.33. The number of carbonyl (C=O) groups is 1. The standard InChI is InChI=1S/C22H26N2O2/c1-16-7-9-18(10-8-16)22(25)24-13-19-5-2-6-21(20(19)14-24)26-15-17-4-3-11-23-12-17/h3-4,7-12,19-21H,2,5-6,13-15H2,1H3/t19-,20+,21+/m1/s1. The molecule has 4 heteroatoms. The van der Waals surface area contributed by atoms with Gasteiger partial charge in [-0.05, 0) is 49.4 Å². The van der Waals surface area contributed by atoms with Crippen LogP contribution < -0.4 is 0 Å². The van der Waals surface area contributed by atoms with Crippen molar-refractivity contribution in [3.05, 3.63) is 65.5 Å². The average molecular weight is 350 g/mol.